The van der Waals surface area contributed by atoms with E-state index < -0.39 is 11.6 Å². The van der Waals surface area contributed by atoms with E-state index in [1.165, 1.54) is 0 Å². The van der Waals surface area contributed by atoms with E-state index in [1.807, 2.05) is 24.3 Å². The number of methoxy groups -OCH3 is 1. The molecular weight excluding hydrogens is 340 g/mol. The van der Waals surface area contributed by atoms with E-state index in [1.54, 1.807) is 7.11 Å². The lowest BCUT2D eigenvalue weighted by Gasteiger charge is -2.29. The molecule has 0 spiro atoms. The fourth-order valence-corrected chi connectivity index (χ4v) is 3.20. The summed E-state index contributed by atoms with van der Waals surface area (Å²) >= 11 is 3.05. The van der Waals surface area contributed by atoms with Crippen LogP contribution in [0, 0.1) is 11.6 Å². The Balaban J connectivity index is 2.00. The average Bonchev–Trinajstić information content (AvgIpc) is 2.52. The maximum atomic E-state index is 14.1. The summed E-state index contributed by atoms with van der Waals surface area (Å²) in [5.74, 6) is -0.0910. The van der Waals surface area contributed by atoms with Crippen molar-refractivity contribution in [1.29, 1.82) is 0 Å². The monoisotopic (exact) mass is 353 g/mol. The van der Waals surface area contributed by atoms with Gasteiger partial charge < -0.3 is 10.1 Å². The highest BCUT2D eigenvalue weighted by Crippen LogP contribution is 2.40. The lowest BCUT2D eigenvalue weighted by atomic mass is 9.92. The van der Waals surface area contributed by atoms with E-state index in [2.05, 4.69) is 21.2 Å². The second kappa shape index (κ2) is 5.64. The second-order valence-electron chi connectivity index (χ2n) is 4.99. The summed E-state index contributed by atoms with van der Waals surface area (Å²) in [5.41, 5.74) is 1.60. The van der Waals surface area contributed by atoms with Crippen LogP contribution in [0.5, 0.6) is 5.75 Å². The Bertz CT molecular complexity index is 690. The lowest BCUT2D eigenvalue weighted by Crippen LogP contribution is -2.21. The Morgan fingerprint density at radius 1 is 1.29 bits per heavy atom. The van der Waals surface area contributed by atoms with Gasteiger partial charge in [0.15, 0.2) is 0 Å². The van der Waals surface area contributed by atoms with Crippen LogP contribution in [-0.2, 0) is 6.42 Å². The van der Waals surface area contributed by atoms with Crippen molar-refractivity contribution >= 4 is 21.6 Å². The second-order valence-corrected chi connectivity index (χ2v) is 5.84. The Kier molecular flexibility index (Phi) is 3.85. The van der Waals surface area contributed by atoms with Gasteiger partial charge in [0.2, 0.25) is 0 Å². The van der Waals surface area contributed by atoms with Crippen molar-refractivity contribution in [3.05, 3.63) is 57.6 Å². The molecule has 1 heterocycles. The molecule has 1 aliphatic rings. The zero-order valence-corrected chi connectivity index (χ0v) is 13.0. The largest absolute Gasteiger partial charge is 0.496 e. The predicted octanol–water partition coefficient (Wildman–Crippen LogP) is 4.84. The van der Waals surface area contributed by atoms with Gasteiger partial charge in [0.25, 0.3) is 0 Å². The van der Waals surface area contributed by atoms with Gasteiger partial charge in [-0.3, -0.25) is 0 Å². The van der Waals surface area contributed by atoms with Crippen molar-refractivity contribution in [2.45, 2.75) is 18.9 Å². The summed E-state index contributed by atoms with van der Waals surface area (Å²) < 4.78 is 33.7. The molecule has 5 heteroatoms. The smallest absolute Gasteiger partial charge is 0.147 e. The molecule has 0 aromatic heterocycles. The minimum atomic E-state index is -0.446. The lowest BCUT2D eigenvalue weighted by molar-refractivity contribution is 0.405. The van der Waals surface area contributed by atoms with E-state index in [-0.39, 0.29) is 16.2 Å². The van der Waals surface area contributed by atoms with E-state index in [0.717, 1.165) is 17.4 Å². The van der Waals surface area contributed by atoms with Gasteiger partial charge in [0.1, 0.15) is 17.4 Å². The summed E-state index contributed by atoms with van der Waals surface area (Å²) in [5, 5.41) is 3.11. The first-order valence-electron chi connectivity index (χ1n) is 6.67. The molecule has 1 N–H and O–H groups in total. The number of ether oxygens (including phenoxy) is 1. The normalized spacial score (nSPS) is 17.0. The van der Waals surface area contributed by atoms with Crippen LogP contribution in [0.25, 0.3) is 0 Å². The van der Waals surface area contributed by atoms with Gasteiger partial charge in [0.05, 0.1) is 23.3 Å². The summed E-state index contributed by atoms with van der Waals surface area (Å²) in [7, 11) is 1.60. The zero-order chi connectivity index (χ0) is 15.0. The van der Waals surface area contributed by atoms with Crippen LogP contribution in [0.1, 0.15) is 23.6 Å². The first-order valence-corrected chi connectivity index (χ1v) is 7.47. The summed E-state index contributed by atoms with van der Waals surface area (Å²) in [6, 6.07) is 8.67. The highest BCUT2D eigenvalue weighted by molar-refractivity contribution is 9.10. The Hall–Kier alpha value is -1.62. The van der Waals surface area contributed by atoms with Gasteiger partial charge in [-0.15, -0.1) is 0 Å². The van der Waals surface area contributed by atoms with Crippen LogP contribution < -0.4 is 10.1 Å². The number of halogens is 3. The van der Waals surface area contributed by atoms with Gasteiger partial charge in [-0.2, -0.15) is 0 Å². The molecule has 0 saturated carbocycles. The van der Waals surface area contributed by atoms with Gasteiger partial charge in [0, 0.05) is 11.1 Å². The van der Waals surface area contributed by atoms with Gasteiger partial charge >= 0.3 is 0 Å². The average molecular weight is 354 g/mol. The summed E-state index contributed by atoms with van der Waals surface area (Å²) in [4.78, 5) is 0. The van der Waals surface area contributed by atoms with Crippen molar-refractivity contribution in [2.24, 2.45) is 0 Å². The van der Waals surface area contributed by atoms with Crippen molar-refractivity contribution in [3.63, 3.8) is 0 Å². The van der Waals surface area contributed by atoms with Crippen LogP contribution in [0.15, 0.2) is 34.8 Å². The van der Waals surface area contributed by atoms with E-state index in [0.29, 0.717) is 18.4 Å². The molecule has 0 bridgehead atoms. The first kappa shape index (κ1) is 14.3. The number of hydrogen-bond donors (Lipinski definition) is 1. The Morgan fingerprint density at radius 2 is 2.05 bits per heavy atom. The molecule has 3 rings (SSSR count). The SMILES string of the molecule is COc1ccccc1C1CCc2c(F)c(Br)cc(F)c2N1. The van der Waals surface area contributed by atoms with Crippen molar-refractivity contribution in [1.82, 2.24) is 0 Å². The van der Waals surface area contributed by atoms with Gasteiger partial charge in [-0.1, -0.05) is 18.2 Å². The van der Waals surface area contributed by atoms with E-state index in [4.69, 9.17) is 4.74 Å². The topological polar surface area (TPSA) is 21.3 Å². The molecule has 1 aliphatic heterocycles. The minimum Gasteiger partial charge on any atom is -0.496 e. The maximum Gasteiger partial charge on any atom is 0.147 e. The summed E-state index contributed by atoms with van der Waals surface area (Å²) in [6.45, 7) is 0. The van der Waals surface area contributed by atoms with Gasteiger partial charge in [-0.25, -0.2) is 8.78 Å². The Labute approximate surface area is 130 Å². The number of para-hydroxylation sites is 1. The van der Waals surface area contributed by atoms with Crippen LogP contribution in [0.2, 0.25) is 0 Å². The molecule has 0 amide bonds. The van der Waals surface area contributed by atoms with Crippen LogP contribution in [0.3, 0.4) is 0 Å². The minimum absolute atomic E-state index is 0.0938. The molecule has 2 nitrogen and oxygen atoms in total. The molecule has 0 saturated heterocycles. The molecule has 0 fully saturated rings. The van der Waals surface area contributed by atoms with Crippen LogP contribution >= 0.6 is 15.9 Å². The third-order valence-corrected chi connectivity index (χ3v) is 4.36. The molecule has 1 unspecified atom stereocenters. The fourth-order valence-electron chi connectivity index (χ4n) is 2.76. The van der Waals surface area contributed by atoms with Crippen LogP contribution in [-0.4, -0.2) is 7.11 Å². The van der Waals surface area contributed by atoms with Gasteiger partial charge in [-0.05, 0) is 40.9 Å². The maximum absolute atomic E-state index is 14.1. The van der Waals surface area contributed by atoms with Crippen molar-refractivity contribution in [2.75, 3.05) is 12.4 Å². The fraction of sp³-hybridized carbons (Fsp3) is 0.250. The van der Waals surface area contributed by atoms with Crippen molar-refractivity contribution in [3.8, 4) is 5.75 Å². The molecule has 21 heavy (non-hydrogen) atoms. The molecule has 110 valence electrons. The quantitative estimate of drug-likeness (QED) is 0.780. The van der Waals surface area contributed by atoms with E-state index in [9.17, 15) is 8.78 Å². The number of benzene rings is 2. The third kappa shape index (κ3) is 2.50. The molecule has 1 atom stereocenters. The number of anilines is 1. The molecule has 0 radical (unpaired) electrons. The predicted molar refractivity (Wildman–Crippen MR) is 81.7 cm³/mol. The molecule has 0 aliphatic carbocycles. The molecule has 2 aromatic carbocycles. The highest BCUT2D eigenvalue weighted by atomic mass is 79.9. The standard InChI is InChI=1S/C16H14BrF2NO/c1-21-14-5-3-2-4-9(14)13-7-6-10-15(19)11(17)8-12(18)16(10)20-13/h2-5,8,13,20H,6-7H2,1H3. The zero-order valence-electron chi connectivity index (χ0n) is 11.4. The van der Waals surface area contributed by atoms with Crippen LogP contribution in [0.4, 0.5) is 14.5 Å². The molecule has 2 aromatic rings. The summed E-state index contributed by atoms with van der Waals surface area (Å²) in [6.07, 6.45) is 1.16. The number of nitrogens with one attached hydrogen (secondary N) is 1. The van der Waals surface area contributed by atoms with Crippen molar-refractivity contribution < 1.29 is 13.5 Å². The number of fused-ring (bicyclic) bond motifs is 1. The number of hydrogen-bond acceptors (Lipinski definition) is 2. The van der Waals surface area contributed by atoms with E-state index >= 15 is 0 Å². The number of rotatable bonds is 2. The third-order valence-electron chi connectivity index (χ3n) is 3.78. The highest BCUT2D eigenvalue weighted by Gasteiger charge is 2.27. The molecular formula is C16H14BrF2NO. The Morgan fingerprint density at radius 3 is 2.81 bits per heavy atom. The first-order chi connectivity index (χ1) is 10.1.